The van der Waals surface area contributed by atoms with E-state index in [9.17, 15) is 14.7 Å². The molecule has 8 nitrogen and oxygen atoms in total. The smallest absolute Gasteiger partial charge is 0.271 e. The van der Waals surface area contributed by atoms with Crippen molar-refractivity contribution in [1.29, 1.82) is 0 Å². The molecule has 1 heterocycles. The van der Waals surface area contributed by atoms with Crippen LogP contribution in [-0.4, -0.2) is 46.6 Å². The topological polar surface area (TPSA) is 108 Å². The third-order valence-electron chi connectivity index (χ3n) is 6.13. The Morgan fingerprint density at radius 1 is 1.00 bits per heavy atom. The average molecular weight is 501 g/mol. The Balaban J connectivity index is 1.43. The van der Waals surface area contributed by atoms with E-state index < -0.39 is 12.1 Å². The Hall–Kier alpha value is -4.14. The summed E-state index contributed by atoms with van der Waals surface area (Å²) in [7, 11) is 1.63. The molecule has 2 unspecified atom stereocenters. The summed E-state index contributed by atoms with van der Waals surface area (Å²) < 4.78 is 6.69. The molecule has 192 valence electrons. The number of amides is 1. The van der Waals surface area contributed by atoms with Crippen molar-refractivity contribution in [2.75, 3.05) is 13.7 Å². The minimum Gasteiger partial charge on any atom is -0.497 e. The molecule has 8 heteroatoms. The van der Waals surface area contributed by atoms with E-state index in [-0.39, 0.29) is 11.5 Å². The van der Waals surface area contributed by atoms with Crippen LogP contribution in [0.15, 0.2) is 89.7 Å². The molecule has 1 amide bonds. The van der Waals surface area contributed by atoms with E-state index in [4.69, 9.17) is 4.74 Å². The van der Waals surface area contributed by atoms with E-state index in [1.165, 1.54) is 10.7 Å². The summed E-state index contributed by atoms with van der Waals surface area (Å²) >= 11 is 0. The van der Waals surface area contributed by atoms with Gasteiger partial charge in [0, 0.05) is 30.4 Å². The van der Waals surface area contributed by atoms with Crippen LogP contribution in [0.2, 0.25) is 0 Å². The number of aliphatic hydroxyl groups is 1. The molecule has 0 fully saturated rings. The van der Waals surface area contributed by atoms with Crippen LogP contribution in [0.5, 0.6) is 5.75 Å². The standard InChI is InChI=1S/C29H32N4O4/c1-20-15-28(35)33(32-20)24-13-11-23(12-14-24)29(36)31-26(17-21-7-4-3-5-8-21)27(34)19-30-18-22-9-6-10-25(16-22)37-2/h3-16,26-27,30,32,34H,17-19H2,1-2H3,(H,31,36). The normalized spacial score (nSPS) is 12.6. The Morgan fingerprint density at radius 3 is 2.41 bits per heavy atom. The maximum absolute atomic E-state index is 13.1. The van der Waals surface area contributed by atoms with Gasteiger partial charge in [0.25, 0.3) is 11.5 Å². The van der Waals surface area contributed by atoms with Crippen LogP contribution in [0.1, 0.15) is 27.2 Å². The van der Waals surface area contributed by atoms with E-state index in [1.807, 2.05) is 61.5 Å². The number of aromatic nitrogens is 2. The fraction of sp³-hybridized carbons (Fsp3) is 0.241. The summed E-state index contributed by atoms with van der Waals surface area (Å²) in [6.07, 6.45) is -0.349. The number of ether oxygens (including phenoxy) is 1. The molecule has 0 aliphatic carbocycles. The van der Waals surface area contributed by atoms with E-state index >= 15 is 0 Å². The summed E-state index contributed by atoms with van der Waals surface area (Å²) in [5, 5.41) is 20.3. The molecule has 0 radical (unpaired) electrons. The number of aromatic amines is 1. The van der Waals surface area contributed by atoms with Gasteiger partial charge in [-0.2, -0.15) is 0 Å². The second kappa shape index (κ2) is 12.2. The lowest BCUT2D eigenvalue weighted by atomic mass is 10.0. The second-order valence-corrected chi connectivity index (χ2v) is 8.98. The number of hydrogen-bond acceptors (Lipinski definition) is 5. The summed E-state index contributed by atoms with van der Waals surface area (Å²) in [4.78, 5) is 25.2. The number of H-pyrrole nitrogens is 1. The highest BCUT2D eigenvalue weighted by atomic mass is 16.5. The first-order valence-electron chi connectivity index (χ1n) is 12.2. The first kappa shape index (κ1) is 25.9. The maximum atomic E-state index is 13.1. The highest BCUT2D eigenvalue weighted by Gasteiger charge is 2.22. The van der Waals surface area contributed by atoms with Gasteiger partial charge >= 0.3 is 0 Å². The minimum atomic E-state index is -0.825. The summed E-state index contributed by atoms with van der Waals surface area (Å²) in [5.41, 5.74) is 3.71. The van der Waals surface area contributed by atoms with Gasteiger partial charge in [-0.1, -0.05) is 42.5 Å². The Morgan fingerprint density at radius 2 is 1.73 bits per heavy atom. The second-order valence-electron chi connectivity index (χ2n) is 8.98. The minimum absolute atomic E-state index is 0.165. The van der Waals surface area contributed by atoms with Crippen molar-refractivity contribution >= 4 is 5.91 Å². The first-order valence-corrected chi connectivity index (χ1v) is 12.2. The van der Waals surface area contributed by atoms with E-state index in [2.05, 4.69) is 15.7 Å². The molecular weight excluding hydrogens is 468 g/mol. The number of carbonyl (C=O) groups is 1. The first-order chi connectivity index (χ1) is 17.9. The van der Waals surface area contributed by atoms with Crippen LogP contribution in [0, 0.1) is 6.92 Å². The largest absolute Gasteiger partial charge is 0.497 e. The molecule has 0 saturated carbocycles. The van der Waals surface area contributed by atoms with Gasteiger partial charge in [0.05, 0.1) is 24.9 Å². The van der Waals surface area contributed by atoms with Crippen molar-refractivity contribution in [3.05, 3.63) is 118 Å². The molecule has 1 aromatic heterocycles. The Kier molecular flexibility index (Phi) is 8.56. The average Bonchev–Trinajstić information content (AvgIpc) is 3.26. The van der Waals surface area contributed by atoms with Gasteiger partial charge in [0.1, 0.15) is 5.75 Å². The van der Waals surface area contributed by atoms with Crippen molar-refractivity contribution in [3.63, 3.8) is 0 Å². The van der Waals surface area contributed by atoms with Crippen LogP contribution in [-0.2, 0) is 13.0 Å². The van der Waals surface area contributed by atoms with Crippen LogP contribution >= 0.6 is 0 Å². The molecule has 0 saturated heterocycles. The summed E-state index contributed by atoms with van der Waals surface area (Å²) in [6, 6.07) is 25.2. The van der Waals surface area contributed by atoms with Gasteiger partial charge in [-0.3, -0.25) is 14.7 Å². The Bertz CT molecular complexity index is 1360. The third-order valence-corrected chi connectivity index (χ3v) is 6.13. The van der Waals surface area contributed by atoms with Crippen molar-refractivity contribution in [1.82, 2.24) is 20.4 Å². The number of carbonyl (C=O) groups excluding carboxylic acids is 1. The molecule has 3 aromatic carbocycles. The number of nitrogens with one attached hydrogen (secondary N) is 3. The van der Waals surface area contributed by atoms with Gasteiger partial charge < -0.3 is 20.5 Å². The number of nitrogens with zero attached hydrogens (tertiary/aromatic N) is 1. The molecular formula is C29H32N4O4. The summed E-state index contributed by atoms with van der Waals surface area (Å²) in [6.45, 7) is 2.66. The van der Waals surface area contributed by atoms with Crippen LogP contribution in [0.25, 0.3) is 5.69 Å². The molecule has 4 aromatic rings. The van der Waals surface area contributed by atoms with Crippen LogP contribution in [0.4, 0.5) is 0 Å². The fourth-order valence-electron chi connectivity index (χ4n) is 4.16. The molecule has 0 bridgehead atoms. The molecule has 4 N–H and O–H groups in total. The number of rotatable bonds is 11. The lowest BCUT2D eigenvalue weighted by Gasteiger charge is -2.25. The number of hydrogen-bond donors (Lipinski definition) is 4. The lowest BCUT2D eigenvalue weighted by Crippen LogP contribution is -2.48. The molecule has 0 spiro atoms. The van der Waals surface area contributed by atoms with E-state index in [0.29, 0.717) is 30.8 Å². The number of benzene rings is 3. The van der Waals surface area contributed by atoms with Gasteiger partial charge in [-0.25, -0.2) is 4.68 Å². The van der Waals surface area contributed by atoms with E-state index in [1.54, 1.807) is 31.4 Å². The monoisotopic (exact) mass is 500 g/mol. The third kappa shape index (κ3) is 6.97. The predicted molar refractivity (Wildman–Crippen MR) is 143 cm³/mol. The SMILES string of the molecule is COc1cccc(CNCC(O)C(Cc2ccccc2)NC(=O)c2ccc(-n3[nH]c(C)cc3=O)cc2)c1. The zero-order chi connectivity index (χ0) is 26.2. The fourth-order valence-corrected chi connectivity index (χ4v) is 4.16. The molecule has 0 aliphatic rings. The quantitative estimate of drug-likeness (QED) is 0.253. The molecule has 2 atom stereocenters. The van der Waals surface area contributed by atoms with Crippen molar-refractivity contribution < 1.29 is 14.6 Å². The maximum Gasteiger partial charge on any atom is 0.271 e. The van der Waals surface area contributed by atoms with Gasteiger partial charge in [-0.05, 0) is 60.9 Å². The van der Waals surface area contributed by atoms with Crippen LogP contribution in [0.3, 0.4) is 0 Å². The van der Waals surface area contributed by atoms with Gasteiger partial charge in [0.15, 0.2) is 0 Å². The van der Waals surface area contributed by atoms with Gasteiger partial charge in [-0.15, -0.1) is 0 Å². The van der Waals surface area contributed by atoms with Crippen molar-refractivity contribution in [2.45, 2.75) is 32.0 Å². The van der Waals surface area contributed by atoms with E-state index in [0.717, 1.165) is 22.6 Å². The highest BCUT2D eigenvalue weighted by molar-refractivity contribution is 5.94. The molecule has 4 rings (SSSR count). The van der Waals surface area contributed by atoms with Crippen LogP contribution < -0.4 is 20.9 Å². The van der Waals surface area contributed by atoms with Crippen molar-refractivity contribution in [3.8, 4) is 11.4 Å². The number of methoxy groups -OCH3 is 1. The van der Waals surface area contributed by atoms with Crippen molar-refractivity contribution in [2.24, 2.45) is 0 Å². The molecule has 37 heavy (non-hydrogen) atoms. The zero-order valence-corrected chi connectivity index (χ0v) is 21.0. The lowest BCUT2D eigenvalue weighted by molar-refractivity contribution is 0.0830. The number of aliphatic hydroxyl groups excluding tert-OH is 1. The summed E-state index contributed by atoms with van der Waals surface area (Å²) in [5.74, 6) is 0.478. The number of aryl methyl sites for hydroxylation is 1. The van der Waals surface area contributed by atoms with Gasteiger partial charge in [0.2, 0.25) is 0 Å². The highest BCUT2D eigenvalue weighted by Crippen LogP contribution is 2.13. The predicted octanol–water partition coefficient (Wildman–Crippen LogP) is 2.97. The molecule has 0 aliphatic heterocycles. The zero-order valence-electron chi connectivity index (χ0n) is 21.0. The Labute approximate surface area is 215 Å².